The first-order valence-electron chi connectivity index (χ1n) is 8.89. The highest BCUT2D eigenvalue weighted by Gasteiger charge is 2.11. The van der Waals surface area contributed by atoms with Gasteiger partial charge in [-0.15, -0.1) is 10.2 Å². The minimum atomic E-state index is 0.144. The highest BCUT2D eigenvalue weighted by Crippen LogP contribution is 2.19. The summed E-state index contributed by atoms with van der Waals surface area (Å²) in [6.07, 6.45) is 2.73. The third kappa shape index (κ3) is 5.52. The SMILES string of the molecule is CC=O.CCOc1ccc(OCc2ccn3c(C(C)NC)nnc3c2)cc1. The van der Waals surface area contributed by atoms with E-state index in [0.29, 0.717) is 13.2 Å². The average molecular weight is 370 g/mol. The van der Waals surface area contributed by atoms with Gasteiger partial charge in [-0.1, -0.05) is 0 Å². The van der Waals surface area contributed by atoms with Crippen LogP contribution in [0.25, 0.3) is 5.65 Å². The van der Waals surface area contributed by atoms with E-state index in [9.17, 15) is 0 Å². The van der Waals surface area contributed by atoms with E-state index in [1.54, 1.807) is 0 Å². The summed E-state index contributed by atoms with van der Waals surface area (Å²) < 4.78 is 13.2. The monoisotopic (exact) mass is 370 g/mol. The Hall–Kier alpha value is -2.93. The van der Waals surface area contributed by atoms with Crippen molar-refractivity contribution >= 4 is 11.9 Å². The van der Waals surface area contributed by atoms with Crippen molar-refractivity contribution in [3.8, 4) is 11.5 Å². The van der Waals surface area contributed by atoms with Crippen LogP contribution in [0.15, 0.2) is 42.6 Å². The molecule has 2 aromatic heterocycles. The quantitative estimate of drug-likeness (QED) is 0.644. The van der Waals surface area contributed by atoms with E-state index >= 15 is 0 Å². The predicted octanol–water partition coefficient (Wildman–Crippen LogP) is 3.19. The Morgan fingerprint density at radius 3 is 2.37 bits per heavy atom. The van der Waals surface area contributed by atoms with Gasteiger partial charge in [0, 0.05) is 6.20 Å². The molecule has 0 saturated carbocycles. The Kier molecular flexibility index (Phi) is 7.76. The number of hydrogen-bond donors (Lipinski definition) is 1. The van der Waals surface area contributed by atoms with E-state index in [1.165, 1.54) is 6.92 Å². The number of nitrogens with one attached hydrogen (secondary N) is 1. The predicted molar refractivity (Wildman–Crippen MR) is 104 cm³/mol. The summed E-state index contributed by atoms with van der Waals surface area (Å²) in [6, 6.07) is 11.8. The van der Waals surface area contributed by atoms with Gasteiger partial charge in [0.15, 0.2) is 11.5 Å². The summed E-state index contributed by atoms with van der Waals surface area (Å²) >= 11 is 0. The molecule has 1 aromatic carbocycles. The standard InChI is InChI=1S/C18H22N4O2.C2H4O/c1-4-23-15-5-7-16(8-6-15)24-12-14-9-10-22-17(11-14)20-21-18(22)13(2)19-3;1-2-3/h5-11,13,19H,4,12H2,1-3H3;2H,1H3. The zero-order chi connectivity index (χ0) is 19.6. The van der Waals surface area contributed by atoms with Gasteiger partial charge in [-0.2, -0.15) is 0 Å². The summed E-state index contributed by atoms with van der Waals surface area (Å²) in [5.41, 5.74) is 1.87. The van der Waals surface area contributed by atoms with Gasteiger partial charge in [0.25, 0.3) is 0 Å². The Morgan fingerprint density at radius 1 is 1.15 bits per heavy atom. The topological polar surface area (TPSA) is 77.8 Å². The first kappa shape index (κ1) is 20.4. The lowest BCUT2D eigenvalue weighted by Crippen LogP contribution is -2.15. The summed E-state index contributed by atoms with van der Waals surface area (Å²) in [4.78, 5) is 8.81. The summed E-state index contributed by atoms with van der Waals surface area (Å²) in [5, 5.41) is 11.7. The van der Waals surface area contributed by atoms with E-state index < -0.39 is 0 Å². The fourth-order valence-electron chi connectivity index (χ4n) is 2.43. The molecule has 1 unspecified atom stereocenters. The zero-order valence-corrected chi connectivity index (χ0v) is 16.2. The second-order valence-electron chi connectivity index (χ2n) is 5.76. The van der Waals surface area contributed by atoms with E-state index in [4.69, 9.17) is 14.3 Å². The van der Waals surface area contributed by atoms with E-state index in [1.807, 2.05) is 61.0 Å². The molecular weight excluding hydrogens is 344 g/mol. The molecule has 144 valence electrons. The number of aromatic nitrogens is 3. The number of aldehydes is 1. The Bertz CT molecular complexity index is 846. The minimum Gasteiger partial charge on any atom is -0.494 e. The highest BCUT2D eigenvalue weighted by atomic mass is 16.5. The van der Waals surface area contributed by atoms with Crippen molar-refractivity contribution in [3.63, 3.8) is 0 Å². The Labute approximate surface area is 159 Å². The molecule has 0 amide bonds. The third-order valence-electron chi connectivity index (χ3n) is 3.86. The molecule has 27 heavy (non-hydrogen) atoms. The normalized spacial score (nSPS) is 11.4. The smallest absolute Gasteiger partial charge is 0.161 e. The molecule has 1 atom stereocenters. The lowest BCUT2D eigenvalue weighted by molar-refractivity contribution is -0.106. The molecule has 0 radical (unpaired) electrons. The fraction of sp³-hybridized carbons (Fsp3) is 0.350. The van der Waals surface area contributed by atoms with E-state index in [-0.39, 0.29) is 6.04 Å². The molecule has 1 N–H and O–H groups in total. The molecule has 3 aromatic rings. The van der Waals surface area contributed by atoms with Gasteiger partial charge in [-0.05, 0) is 69.8 Å². The zero-order valence-electron chi connectivity index (χ0n) is 16.2. The van der Waals surface area contributed by atoms with Crippen molar-refractivity contribution in [1.29, 1.82) is 0 Å². The molecule has 0 saturated heterocycles. The van der Waals surface area contributed by atoms with Crippen LogP contribution >= 0.6 is 0 Å². The maximum absolute atomic E-state index is 8.81. The van der Waals surface area contributed by atoms with E-state index in [2.05, 4.69) is 22.4 Å². The summed E-state index contributed by atoms with van der Waals surface area (Å²) in [6.45, 7) is 6.61. The van der Waals surface area contributed by atoms with Crippen LogP contribution < -0.4 is 14.8 Å². The van der Waals surface area contributed by atoms with Gasteiger partial charge < -0.3 is 19.6 Å². The van der Waals surface area contributed by atoms with Gasteiger partial charge in [-0.25, -0.2) is 0 Å². The number of pyridine rings is 1. The van der Waals surface area contributed by atoms with Gasteiger partial charge in [0.05, 0.1) is 12.6 Å². The minimum absolute atomic E-state index is 0.144. The number of nitrogens with zero attached hydrogens (tertiary/aromatic N) is 3. The maximum Gasteiger partial charge on any atom is 0.161 e. The molecule has 0 aliphatic carbocycles. The fourth-order valence-corrected chi connectivity index (χ4v) is 2.43. The van der Waals surface area contributed by atoms with Crippen molar-refractivity contribution in [2.75, 3.05) is 13.7 Å². The number of benzene rings is 1. The first-order valence-corrected chi connectivity index (χ1v) is 8.89. The Morgan fingerprint density at radius 2 is 1.78 bits per heavy atom. The first-order chi connectivity index (χ1) is 13.1. The van der Waals surface area contributed by atoms with Gasteiger partial charge >= 0.3 is 0 Å². The number of carbonyl (C=O) groups is 1. The van der Waals surface area contributed by atoms with Crippen LogP contribution in [0.4, 0.5) is 0 Å². The van der Waals surface area contributed by atoms with Crippen LogP contribution in [0.5, 0.6) is 11.5 Å². The largest absolute Gasteiger partial charge is 0.494 e. The summed E-state index contributed by atoms with van der Waals surface area (Å²) in [7, 11) is 1.91. The molecule has 0 aliphatic rings. The van der Waals surface area contributed by atoms with Crippen LogP contribution in [0.1, 0.15) is 38.2 Å². The lowest BCUT2D eigenvalue weighted by Gasteiger charge is -2.09. The van der Waals surface area contributed by atoms with Gasteiger partial charge in [0.2, 0.25) is 0 Å². The van der Waals surface area contributed by atoms with Gasteiger partial charge in [-0.3, -0.25) is 4.40 Å². The van der Waals surface area contributed by atoms with Crippen LogP contribution in [0.3, 0.4) is 0 Å². The van der Waals surface area contributed by atoms with Crippen molar-refractivity contribution in [2.24, 2.45) is 0 Å². The molecule has 0 aliphatic heterocycles. The van der Waals surface area contributed by atoms with Crippen molar-refractivity contribution in [3.05, 3.63) is 54.0 Å². The van der Waals surface area contributed by atoms with E-state index in [0.717, 1.165) is 34.8 Å². The molecule has 0 spiro atoms. The number of carbonyl (C=O) groups excluding carboxylic acids is 1. The van der Waals surface area contributed by atoms with Crippen LogP contribution in [-0.2, 0) is 11.4 Å². The molecule has 0 bridgehead atoms. The van der Waals surface area contributed by atoms with Gasteiger partial charge in [0.1, 0.15) is 24.4 Å². The van der Waals surface area contributed by atoms with Crippen molar-refractivity contribution < 1.29 is 14.3 Å². The molecule has 0 fully saturated rings. The molecule has 3 rings (SSSR count). The highest BCUT2D eigenvalue weighted by molar-refractivity contribution is 5.44. The van der Waals surface area contributed by atoms with Crippen LogP contribution in [0, 0.1) is 0 Å². The second-order valence-corrected chi connectivity index (χ2v) is 5.76. The second kappa shape index (κ2) is 10.3. The maximum atomic E-state index is 8.81. The molecule has 7 nitrogen and oxygen atoms in total. The van der Waals surface area contributed by atoms with Crippen molar-refractivity contribution in [1.82, 2.24) is 19.9 Å². The van der Waals surface area contributed by atoms with Crippen LogP contribution in [-0.4, -0.2) is 34.5 Å². The summed E-state index contributed by atoms with van der Waals surface area (Å²) in [5.74, 6) is 2.55. The number of rotatable bonds is 7. The van der Waals surface area contributed by atoms with Crippen LogP contribution in [0.2, 0.25) is 0 Å². The number of ether oxygens (including phenoxy) is 2. The Balaban J connectivity index is 0.000000817. The number of hydrogen-bond acceptors (Lipinski definition) is 6. The third-order valence-corrected chi connectivity index (χ3v) is 3.86. The molecular formula is C20H26N4O3. The number of fused-ring (bicyclic) bond motifs is 1. The van der Waals surface area contributed by atoms with Crippen molar-refractivity contribution in [2.45, 2.75) is 33.4 Å². The average Bonchev–Trinajstić information content (AvgIpc) is 3.11. The molecule has 2 heterocycles. The molecule has 7 heteroatoms. The lowest BCUT2D eigenvalue weighted by atomic mass is 10.2.